The Balaban J connectivity index is 0.000000118. The molecule has 0 spiro atoms. The van der Waals surface area contributed by atoms with Crippen molar-refractivity contribution in [3.63, 3.8) is 0 Å². The number of nitrogens with zero attached hydrogens (tertiary/aromatic N) is 4. The molecule has 0 saturated carbocycles. The van der Waals surface area contributed by atoms with Crippen molar-refractivity contribution in [2.75, 3.05) is 0 Å². The molecule has 410 valence electrons. The van der Waals surface area contributed by atoms with E-state index in [9.17, 15) is 0 Å². The molecule has 0 aliphatic carbocycles. The van der Waals surface area contributed by atoms with Gasteiger partial charge in [-0.15, -0.1) is 0 Å². The minimum atomic E-state index is -0.387. The van der Waals surface area contributed by atoms with Gasteiger partial charge in [0.1, 0.15) is 4.60 Å². The third-order valence-electron chi connectivity index (χ3n) is 17.6. The van der Waals surface area contributed by atoms with Crippen LogP contribution in [0.5, 0.6) is 0 Å². The number of hydrogen-bond acceptors (Lipinski definition) is 6. The highest BCUT2D eigenvalue weighted by Crippen LogP contribution is 2.43. The number of pyridine rings is 4. The monoisotopic (exact) mass is 1170 g/mol. The topological polar surface area (TPSA) is 70.0 Å². The largest absolute Gasteiger partial charge is 0.495 e. The Morgan fingerprint density at radius 1 is 0.302 bits per heavy atom. The summed E-state index contributed by atoms with van der Waals surface area (Å²) in [6.45, 7) is 8.41. The van der Waals surface area contributed by atoms with E-state index in [2.05, 4.69) is 283 Å². The van der Waals surface area contributed by atoms with E-state index in [4.69, 9.17) is 14.3 Å². The van der Waals surface area contributed by atoms with Crippen LogP contribution in [0.25, 0.3) is 142 Å². The molecule has 17 rings (SSSR count). The van der Waals surface area contributed by atoms with Crippen LogP contribution in [-0.4, -0.2) is 38.3 Å². The maximum atomic E-state index is 6.41. The molecule has 1 aliphatic heterocycles. The van der Waals surface area contributed by atoms with Gasteiger partial charge in [-0.1, -0.05) is 218 Å². The molecular formula is C78H56BBrN4O2. The molecule has 0 N–H and O–H groups in total. The molecule has 0 amide bonds. The summed E-state index contributed by atoms with van der Waals surface area (Å²) in [5.41, 5.74) is 11.2. The molecule has 0 unspecified atom stereocenters. The third kappa shape index (κ3) is 9.29. The van der Waals surface area contributed by atoms with Crippen LogP contribution in [0.15, 0.2) is 272 Å². The number of halogens is 1. The lowest BCUT2D eigenvalue weighted by atomic mass is 9.74. The Morgan fingerprint density at radius 3 is 1.19 bits per heavy atom. The molecule has 1 aliphatic rings. The molecule has 1 fully saturated rings. The predicted octanol–water partition coefficient (Wildman–Crippen LogP) is 20.2. The van der Waals surface area contributed by atoms with E-state index < -0.39 is 0 Å². The first-order valence-electron chi connectivity index (χ1n) is 29.2. The van der Waals surface area contributed by atoms with E-state index in [1.54, 1.807) is 6.20 Å². The predicted molar refractivity (Wildman–Crippen MR) is 365 cm³/mol. The zero-order valence-corrected chi connectivity index (χ0v) is 49.6. The van der Waals surface area contributed by atoms with Crippen molar-refractivity contribution in [2.24, 2.45) is 0 Å². The Labute approximate surface area is 507 Å². The molecule has 6 nitrogen and oxygen atoms in total. The van der Waals surface area contributed by atoms with Crippen LogP contribution in [0.2, 0.25) is 0 Å². The van der Waals surface area contributed by atoms with Crippen LogP contribution < -0.4 is 5.46 Å². The van der Waals surface area contributed by atoms with Crippen LogP contribution in [0.1, 0.15) is 27.7 Å². The second kappa shape index (κ2) is 21.4. The summed E-state index contributed by atoms with van der Waals surface area (Å²) in [6.07, 6.45) is 3.64. The maximum Gasteiger partial charge on any atom is 0.495 e. The van der Waals surface area contributed by atoms with Gasteiger partial charge < -0.3 is 9.31 Å². The number of fused-ring (bicyclic) bond motifs is 14. The molecule has 0 atom stereocenters. The molecule has 1 saturated heterocycles. The zero-order chi connectivity index (χ0) is 58.1. The highest BCUT2D eigenvalue weighted by atomic mass is 79.9. The molecular weight excluding hydrogens is 1120 g/mol. The van der Waals surface area contributed by atoms with Gasteiger partial charge in [-0.25, -0.2) is 9.97 Å². The molecule has 0 radical (unpaired) electrons. The molecule has 86 heavy (non-hydrogen) atoms. The fourth-order valence-electron chi connectivity index (χ4n) is 12.6. The van der Waals surface area contributed by atoms with E-state index in [-0.39, 0.29) is 18.3 Å². The Hall–Kier alpha value is -9.70. The summed E-state index contributed by atoms with van der Waals surface area (Å²) >= 11 is 3.38. The van der Waals surface area contributed by atoms with E-state index in [0.29, 0.717) is 0 Å². The molecule has 5 heterocycles. The van der Waals surface area contributed by atoms with Gasteiger partial charge in [0.25, 0.3) is 0 Å². The molecule has 16 aromatic rings. The minimum Gasteiger partial charge on any atom is -0.399 e. The van der Waals surface area contributed by atoms with E-state index >= 15 is 0 Å². The Bertz CT molecular complexity index is 5360. The van der Waals surface area contributed by atoms with Gasteiger partial charge in [0.15, 0.2) is 0 Å². The van der Waals surface area contributed by atoms with E-state index in [1.807, 2.05) is 36.5 Å². The quantitative estimate of drug-likeness (QED) is 0.0993. The number of aromatic nitrogens is 4. The lowest BCUT2D eigenvalue weighted by Crippen LogP contribution is -2.41. The number of rotatable bonds is 4. The van der Waals surface area contributed by atoms with Gasteiger partial charge in [-0.3, -0.25) is 9.97 Å². The summed E-state index contributed by atoms with van der Waals surface area (Å²) < 4.78 is 13.7. The SMILES string of the molecule is Brc1ccc2ccc3cccnc3c2n1.CC1(C)OB(c2ccc(-c3cc4ccccc4c4ccccc34)c3ccccc23)OC1(C)C.c1ccc2c(c1)cc(-c1ccc(-c3ccc4ccc5cccnc5c4n3)c3ccccc13)c1ccccc12. The van der Waals surface area contributed by atoms with Crippen LogP contribution in [0, 0.1) is 0 Å². The van der Waals surface area contributed by atoms with Crippen molar-refractivity contribution in [3.8, 4) is 33.5 Å². The first kappa shape index (κ1) is 53.1. The van der Waals surface area contributed by atoms with Crippen molar-refractivity contribution in [2.45, 2.75) is 38.9 Å². The highest BCUT2D eigenvalue weighted by Gasteiger charge is 2.52. The third-order valence-corrected chi connectivity index (χ3v) is 18.1. The van der Waals surface area contributed by atoms with Gasteiger partial charge in [0.2, 0.25) is 0 Å². The van der Waals surface area contributed by atoms with Crippen molar-refractivity contribution in [3.05, 3.63) is 272 Å². The Kier molecular flexibility index (Phi) is 13.2. The average molecular weight is 1170 g/mol. The zero-order valence-electron chi connectivity index (χ0n) is 48.0. The van der Waals surface area contributed by atoms with Gasteiger partial charge in [-0.2, -0.15) is 0 Å². The normalized spacial score (nSPS) is 13.7. The van der Waals surface area contributed by atoms with Crippen LogP contribution >= 0.6 is 15.9 Å². The summed E-state index contributed by atoms with van der Waals surface area (Å²) in [5.74, 6) is 0. The van der Waals surface area contributed by atoms with E-state index in [1.165, 1.54) is 86.9 Å². The van der Waals surface area contributed by atoms with Gasteiger partial charge >= 0.3 is 7.12 Å². The van der Waals surface area contributed by atoms with Crippen LogP contribution in [0.4, 0.5) is 0 Å². The van der Waals surface area contributed by atoms with Gasteiger partial charge in [-0.05, 0) is 172 Å². The fraction of sp³-hybridized carbons (Fsp3) is 0.0769. The second-order valence-electron chi connectivity index (χ2n) is 23.2. The number of hydrogen-bond donors (Lipinski definition) is 0. The molecule has 4 aromatic heterocycles. The summed E-state index contributed by atoms with van der Waals surface area (Å²) in [4.78, 5) is 18.6. The standard InChI is InChI=1S/C36H22N2.C30H27BO2.C12H7BrN2/c1-2-10-26-25(8-1)22-33(30-14-6-3-11-27(26)30)31-18-19-32(29-13-5-4-12-28(29)31)34-20-17-24-16-15-23-9-7-21-37-35(23)36(24)38-34;1-29(2)30(3,4)33-31(32-29)28-18-17-25(23-14-9-10-16-26(23)28)27-19-20-11-5-6-12-21(20)22-13-7-8-15-24(22)27;13-10-6-5-9-4-3-8-2-1-7-14-11(8)12(9)15-10/h1-22H;5-19H,1-4H3;1-7H. The van der Waals surface area contributed by atoms with Crippen molar-refractivity contribution >= 4 is 137 Å². The lowest BCUT2D eigenvalue weighted by Gasteiger charge is -2.32. The van der Waals surface area contributed by atoms with Crippen LogP contribution in [-0.2, 0) is 9.31 Å². The minimum absolute atomic E-state index is 0.369. The first-order valence-corrected chi connectivity index (χ1v) is 30.0. The molecule has 8 heteroatoms. The van der Waals surface area contributed by atoms with Gasteiger partial charge in [0.05, 0.1) is 39.0 Å². The summed E-state index contributed by atoms with van der Waals surface area (Å²) in [7, 11) is -0.387. The summed E-state index contributed by atoms with van der Waals surface area (Å²) in [6, 6.07) is 90.3. The van der Waals surface area contributed by atoms with Crippen molar-refractivity contribution in [1.29, 1.82) is 0 Å². The number of benzene rings is 12. The molecule has 12 aromatic carbocycles. The smallest absolute Gasteiger partial charge is 0.399 e. The van der Waals surface area contributed by atoms with E-state index in [0.717, 1.165) is 64.9 Å². The van der Waals surface area contributed by atoms with Crippen molar-refractivity contribution < 1.29 is 9.31 Å². The van der Waals surface area contributed by atoms with Crippen molar-refractivity contribution in [1.82, 2.24) is 19.9 Å². The lowest BCUT2D eigenvalue weighted by molar-refractivity contribution is 0.00578. The fourth-order valence-corrected chi connectivity index (χ4v) is 12.9. The summed E-state index contributed by atoms with van der Waals surface area (Å²) in [5, 5.41) is 19.4. The first-order chi connectivity index (χ1) is 42.0. The average Bonchev–Trinajstić information content (AvgIpc) is 2.00. The van der Waals surface area contributed by atoms with Gasteiger partial charge in [0, 0.05) is 39.5 Å². The highest BCUT2D eigenvalue weighted by molar-refractivity contribution is 9.10. The maximum absolute atomic E-state index is 6.41. The van der Waals surface area contributed by atoms with Crippen LogP contribution in [0.3, 0.4) is 0 Å². The molecule has 0 bridgehead atoms. The second-order valence-corrected chi connectivity index (χ2v) is 24.0. The Morgan fingerprint density at radius 2 is 0.663 bits per heavy atom.